The van der Waals surface area contributed by atoms with Gasteiger partial charge in [0.25, 0.3) is 0 Å². The van der Waals surface area contributed by atoms with Crippen LogP contribution in [0.2, 0.25) is 0 Å². The van der Waals surface area contributed by atoms with Gasteiger partial charge in [-0.05, 0) is 19.1 Å². The quantitative estimate of drug-likeness (QED) is 0.417. The normalized spacial score (nSPS) is 12.4. The number of esters is 1. The number of carbonyl (C=O) groups is 1. The van der Waals surface area contributed by atoms with E-state index in [0.29, 0.717) is 13.0 Å². The number of thioether (sulfide) groups is 1. The van der Waals surface area contributed by atoms with Crippen molar-refractivity contribution in [2.75, 3.05) is 20.8 Å². The number of hydrogen-bond acceptors (Lipinski definition) is 5. The van der Waals surface area contributed by atoms with Gasteiger partial charge < -0.3 is 14.2 Å². The molecule has 1 atom stereocenters. The molecule has 0 saturated heterocycles. The highest BCUT2D eigenvalue weighted by Crippen LogP contribution is 2.27. The zero-order valence-electron chi connectivity index (χ0n) is 11.5. The average Bonchev–Trinajstić information content (AvgIpc) is 2.44. The van der Waals surface area contributed by atoms with E-state index >= 15 is 0 Å². The van der Waals surface area contributed by atoms with Crippen molar-refractivity contribution in [3.63, 3.8) is 0 Å². The van der Waals surface area contributed by atoms with Gasteiger partial charge in [-0.25, -0.2) is 0 Å². The molecule has 0 aliphatic carbocycles. The van der Waals surface area contributed by atoms with E-state index in [0.717, 1.165) is 4.90 Å². The van der Waals surface area contributed by atoms with Gasteiger partial charge in [0.05, 0.1) is 6.61 Å². The molecule has 0 aliphatic rings. The number of methoxy groups -OCH3 is 2. The lowest BCUT2D eigenvalue weighted by molar-refractivity contribution is -0.147. The number of hydrogen-bond donors (Lipinski definition) is 0. The van der Waals surface area contributed by atoms with Crippen molar-refractivity contribution in [1.82, 2.24) is 0 Å². The predicted octanol–water partition coefficient (Wildman–Crippen LogP) is 2.72. The van der Waals surface area contributed by atoms with E-state index in [9.17, 15) is 4.79 Å². The van der Waals surface area contributed by atoms with Crippen LogP contribution in [-0.4, -0.2) is 38.3 Å². The fourth-order valence-electron chi connectivity index (χ4n) is 1.55. The second-order valence-electron chi connectivity index (χ2n) is 3.81. The molecule has 0 aromatic heterocycles. The van der Waals surface area contributed by atoms with E-state index in [-0.39, 0.29) is 11.2 Å². The Kier molecular flexibility index (Phi) is 7.55. The maximum atomic E-state index is 12.0. The minimum absolute atomic E-state index is 0.240. The van der Waals surface area contributed by atoms with E-state index < -0.39 is 6.29 Å². The summed E-state index contributed by atoms with van der Waals surface area (Å²) in [6.07, 6.45) is 0.0383. The standard InChI is InChI=1S/C14H20O4S/c1-4-18-14(15)12(10-13(16-2)17-3)19-11-8-6-5-7-9-11/h5-9,12-13H,4,10H2,1-3H3. The topological polar surface area (TPSA) is 44.8 Å². The highest BCUT2D eigenvalue weighted by atomic mass is 32.2. The summed E-state index contributed by atoms with van der Waals surface area (Å²) in [7, 11) is 3.12. The zero-order valence-corrected chi connectivity index (χ0v) is 12.3. The minimum Gasteiger partial charge on any atom is -0.465 e. The number of carbonyl (C=O) groups excluding carboxylic acids is 1. The fraction of sp³-hybridized carbons (Fsp3) is 0.500. The van der Waals surface area contributed by atoms with Crippen molar-refractivity contribution in [2.45, 2.75) is 29.8 Å². The molecule has 19 heavy (non-hydrogen) atoms. The fourth-order valence-corrected chi connectivity index (χ4v) is 2.61. The summed E-state index contributed by atoms with van der Waals surface area (Å²) in [5.41, 5.74) is 0. The van der Waals surface area contributed by atoms with Crippen LogP contribution in [0.15, 0.2) is 35.2 Å². The molecule has 0 amide bonds. The van der Waals surface area contributed by atoms with Gasteiger partial charge in [0.15, 0.2) is 6.29 Å². The van der Waals surface area contributed by atoms with Crippen molar-refractivity contribution in [2.24, 2.45) is 0 Å². The monoisotopic (exact) mass is 284 g/mol. The third-order valence-corrected chi connectivity index (χ3v) is 3.72. The summed E-state index contributed by atoms with van der Waals surface area (Å²) in [5, 5.41) is -0.341. The Labute approximate surface area is 118 Å². The molecule has 4 nitrogen and oxygen atoms in total. The molecule has 1 aromatic rings. The molecule has 0 N–H and O–H groups in total. The summed E-state index contributed by atoms with van der Waals surface area (Å²) in [4.78, 5) is 13.0. The molecule has 106 valence electrons. The Balaban J connectivity index is 2.71. The second kappa shape index (κ2) is 8.96. The van der Waals surface area contributed by atoms with Crippen LogP contribution in [0.3, 0.4) is 0 Å². The molecular formula is C14H20O4S. The summed E-state index contributed by atoms with van der Waals surface area (Å²) < 4.78 is 15.4. The summed E-state index contributed by atoms with van der Waals surface area (Å²) >= 11 is 1.46. The summed E-state index contributed by atoms with van der Waals surface area (Å²) in [5.74, 6) is -0.240. The lowest BCUT2D eigenvalue weighted by Gasteiger charge is -2.20. The van der Waals surface area contributed by atoms with Crippen molar-refractivity contribution >= 4 is 17.7 Å². The lowest BCUT2D eigenvalue weighted by Crippen LogP contribution is -2.27. The Bertz CT molecular complexity index is 365. The number of rotatable bonds is 8. The van der Waals surface area contributed by atoms with E-state index in [2.05, 4.69) is 0 Å². The molecule has 0 saturated carbocycles. The van der Waals surface area contributed by atoms with Gasteiger partial charge in [-0.1, -0.05) is 18.2 Å². The summed E-state index contributed by atoms with van der Waals surface area (Å²) in [6.45, 7) is 2.17. The molecular weight excluding hydrogens is 264 g/mol. The van der Waals surface area contributed by atoms with E-state index in [1.807, 2.05) is 30.3 Å². The molecule has 0 aliphatic heterocycles. The molecule has 0 radical (unpaired) electrons. The zero-order chi connectivity index (χ0) is 14.1. The van der Waals surface area contributed by atoms with Gasteiger partial charge in [-0.15, -0.1) is 11.8 Å². The van der Waals surface area contributed by atoms with Gasteiger partial charge >= 0.3 is 5.97 Å². The lowest BCUT2D eigenvalue weighted by atomic mass is 10.3. The van der Waals surface area contributed by atoms with Crippen LogP contribution in [0.25, 0.3) is 0 Å². The Morgan fingerprint density at radius 1 is 1.21 bits per heavy atom. The van der Waals surface area contributed by atoms with Crippen molar-refractivity contribution < 1.29 is 19.0 Å². The van der Waals surface area contributed by atoms with Crippen LogP contribution in [0.1, 0.15) is 13.3 Å². The first kappa shape index (κ1) is 16.0. The third kappa shape index (κ3) is 5.63. The van der Waals surface area contributed by atoms with Crippen LogP contribution in [0.4, 0.5) is 0 Å². The average molecular weight is 284 g/mol. The van der Waals surface area contributed by atoms with Gasteiger partial charge in [0.2, 0.25) is 0 Å². The molecule has 1 aromatic carbocycles. The van der Waals surface area contributed by atoms with Gasteiger partial charge in [-0.2, -0.15) is 0 Å². The molecule has 0 spiro atoms. The molecule has 1 rings (SSSR count). The molecule has 0 fully saturated rings. The van der Waals surface area contributed by atoms with Gasteiger partial charge in [-0.3, -0.25) is 4.79 Å². The van der Waals surface area contributed by atoms with E-state index in [1.165, 1.54) is 11.8 Å². The van der Waals surface area contributed by atoms with Crippen LogP contribution >= 0.6 is 11.8 Å². The van der Waals surface area contributed by atoms with Gasteiger partial charge in [0.1, 0.15) is 5.25 Å². The smallest absolute Gasteiger partial charge is 0.319 e. The van der Waals surface area contributed by atoms with Crippen LogP contribution in [0.5, 0.6) is 0 Å². The van der Waals surface area contributed by atoms with Crippen molar-refractivity contribution in [1.29, 1.82) is 0 Å². The third-order valence-electron chi connectivity index (χ3n) is 2.50. The van der Waals surface area contributed by atoms with E-state index in [1.54, 1.807) is 21.1 Å². The first-order chi connectivity index (χ1) is 9.21. The Hall–Kier alpha value is -1.04. The SMILES string of the molecule is CCOC(=O)C(CC(OC)OC)Sc1ccccc1. The minimum atomic E-state index is -0.411. The number of benzene rings is 1. The number of ether oxygens (including phenoxy) is 3. The molecule has 5 heteroatoms. The van der Waals surface area contributed by atoms with E-state index in [4.69, 9.17) is 14.2 Å². The van der Waals surface area contributed by atoms with Crippen LogP contribution in [0, 0.1) is 0 Å². The highest BCUT2D eigenvalue weighted by Gasteiger charge is 2.25. The van der Waals surface area contributed by atoms with Crippen LogP contribution < -0.4 is 0 Å². The molecule has 1 unspecified atom stereocenters. The first-order valence-corrected chi connectivity index (χ1v) is 7.03. The van der Waals surface area contributed by atoms with Crippen molar-refractivity contribution in [3.05, 3.63) is 30.3 Å². The Morgan fingerprint density at radius 2 is 1.84 bits per heavy atom. The highest BCUT2D eigenvalue weighted by molar-refractivity contribution is 8.00. The largest absolute Gasteiger partial charge is 0.465 e. The Morgan fingerprint density at radius 3 is 2.37 bits per heavy atom. The second-order valence-corrected chi connectivity index (χ2v) is 5.08. The van der Waals surface area contributed by atoms with Gasteiger partial charge in [0, 0.05) is 25.5 Å². The maximum Gasteiger partial charge on any atom is 0.319 e. The van der Waals surface area contributed by atoms with Crippen molar-refractivity contribution in [3.8, 4) is 0 Å². The molecule has 0 heterocycles. The predicted molar refractivity (Wildman–Crippen MR) is 75.1 cm³/mol. The molecule has 0 bridgehead atoms. The first-order valence-electron chi connectivity index (χ1n) is 6.15. The maximum absolute atomic E-state index is 12.0. The summed E-state index contributed by atoms with van der Waals surface area (Å²) in [6, 6.07) is 9.75. The van der Waals surface area contributed by atoms with Crippen LogP contribution in [-0.2, 0) is 19.0 Å².